The van der Waals surface area contributed by atoms with E-state index in [0.717, 1.165) is 39.1 Å². The van der Waals surface area contributed by atoms with Crippen LogP contribution in [0.25, 0.3) is 0 Å². The Morgan fingerprint density at radius 1 is 1.00 bits per heavy atom. The molecule has 6 nitrogen and oxygen atoms in total. The Labute approximate surface area is 172 Å². The van der Waals surface area contributed by atoms with Crippen molar-refractivity contribution in [3.8, 4) is 5.75 Å². The van der Waals surface area contributed by atoms with Gasteiger partial charge in [0.25, 0.3) is 0 Å². The summed E-state index contributed by atoms with van der Waals surface area (Å²) in [4.78, 5) is 19.4. The van der Waals surface area contributed by atoms with Crippen LogP contribution in [-0.4, -0.2) is 60.3 Å². The van der Waals surface area contributed by atoms with Gasteiger partial charge in [0.2, 0.25) is 0 Å². The fraction of sp³-hybridized carbons (Fsp3) is 0.368. The zero-order valence-electron chi connectivity index (χ0n) is 15.0. The number of aliphatic carboxylic acids is 1. The molecule has 0 saturated carbocycles. The first-order valence-corrected chi connectivity index (χ1v) is 8.51. The fourth-order valence-corrected chi connectivity index (χ4v) is 2.97. The number of hydrogen-bond acceptors (Lipinski definition) is 5. The third-order valence-corrected chi connectivity index (χ3v) is 4.40. The molecule has 148 valence electrons. The van der Waals surface area contributed by atoms with E-state index in [1.807, 2.05) is 36.7 Å². The van der Waals surface area contributed by atoms with Crippen LogP contribution in [0.1, 0.15) is 5.56 Å². The Bertz CT molecular complexity index is 678. The summed E-state index contributed by atoms with van der Waals surface area (Å²) in [6.07, 6.45) is 4.66. The van der Waals surface area contributed by atoms with Gasteiger partial charge in [0.05, 0.1) is 0 Å². The highest BCUT2D eigenvalue weighted by Gasteiger charge is 2.16. The lowest BCUT2D eigenvalue weighted by Crippen LogP contribution is -2.47. The largest absolute Gasteiger partial charge is 0.482 e. The average Bonchev–Trinajstić information content (AvgIpc) is 2.66. The van der Waals surface area contributed by atoms with Gasteiger partial charge >= 0.3 is 5.97 Å². The number of halogens is 2. The van der Waals surface area contributed by atoms with Crippen LogP contribution >= 0.6 is 24.8 Å². The summed E-state index contributed by atoms with van der Waals surface area (Å²) in [6.45, 7) is 4.91. The molecule has 0 bridgehead atoms. The van der Waals surface area contributed by atoms with Gasteiger partial charge in [-0.25, -0.2) is 4.79 Å². The second-order valence-electron chi connectivity index (χ2n) is 6.11. The molecule has 1 aromatic carbocycles. The number of hydrogen-bond donors (Lipinski definition) is 1. The predicted octanol–water partition coefficient (Wildman–Crippen LogP) is 2.75. The topological polar surface area (TPSA) is 65.9 Å². The molecule has 1 aliphatic heterocycles. The van der Waals surface area contributed by atoms with Crippen molar-refractivity contribution in [1.82, 2.24) is 9.88 Å². The zero-order valence-corrected chi connectivity index (χ0v) is 16.6. The molecule has 0 aliphatic carbocycles. The summed E-state index contributed by atoms with van der Waals surface area (Å²) < 4.78 is 5.15. The molecule has 0 spiro atoms. The van der Waals surface area contributed by atoms with Gasteiger partial charge < -0.3 is 14.7 Å². The Morgan fingerprint density at radius 2 is 1.63 bits per heavy atom. The van der Waals surface area contributed by atoms with E-state index >= 15 is 0 Å². The number of ether oxygens (including phenoxy) is 1. The SMILES string of the molecule is Cl.Cl.O=C(O)COc1ccc(CCN2CCN(c3ccncc3)CC2)cc1. The Kier molecular flexibility index (Phi) is 9.93. The van der Waals surface area contributed by atoms with Gasteiger partial charge in [-0.05, 0) is 36.2 Å². The molecule has 8 heteroatoms. The molecule has 1 saturated heterocycles. The van der Waals surface area contributed by atoms with Gasteiger partial charge in [-0.3, -0.25) is 9.88 Å². The second kappa shape index (κ2) is 11.6. The first-order valence-electron chi connectivity index (χ1n) is 8.51. The van der Waals surface area contributed by atoms with E-state index in [4.69, 9.17) is 9.84 Å². The van der Waals surface area contributed by atoms with E-state index in [1.54, 1.807) is 0 Å². The highest BCUT2D eigenvalue weighted by atomic mass is 35.5. The van der Waals surface area contributed by atoms with Crippen molar-refractivity contribution in [2.45, 2.75) is 6.42 Å². The summed E-state index contributed by atoms with van der Waals surface area (Å²) in [5, 5.41) is 8.61. The lowest BCUT2D eigenvalue weighted by atomic mass is 10.1. The van der Waals surface area contributed by atoms with E-state index in [1.165, 1.54) is 11.3 Å². The molecule has 0 unspecified atom stereocenters. The predicted molar refractivity (Wildman–Crippen MR) is 111 cm³/mol. The monoisotopic (exact) mass is 413 g/mol. The van der Waals surface area contributed by atoms with Gasteiger partial charge in [0.15, 0.2) is 6.61 Å². The first-order chi connectivity index (χ1) is 12.2. The molecule has 3 rings (SSSR count). The second-order valence-corrected chi connectivity index (χ2v) is 6.11. The quantitative estimate of drug-likeness (QED) is 0.752. The van der Waals surface area contributed by atoms with Crippen LogP contribution in [-0.2, 0) is 11.2 Å². The van der Waals surface area contributed by atoms with E-state index in [9.17, 15) is 4.79 Å². The molecule has 27 heavy (non-hydrogen) atoms. The molecule has 1 aliphatic rings. The third kappa shape index (κ3) is 7.25. The molecular formula is C19H25Cl2N3O3. The number of aromatic nitrogens is 1. The number of anilines is 1. The Morgan fingerprint density at radius 3 is 2.22 bits per heavy atom. The van der Waals surface area contributed by atoms with E-state index in [2.05, 4.69) is 26.9 Å². The number of carboxylic acid groups (broad SMARTS) is 1. The molecule has 2 aromatic rings. The van der Waals surface area contributed by atoms with Crippen molar-refractivity contribution in [2.24, 2.45) is 0 Å². The maximum atomic E-state index is 10.5. The van der Waals surface area contributed by atoms with Crippen LogP contribution < -0.4 is 9.64 Å². The minimum Gasteiger partial charge on any atom is -0.482 e. The standard InChI is InChI=1S/C19H23N3O3.2ClH/c23-19(24)15-25-18-3-1-16(2-4-18)7-10-21-11-13-22(14-12-21)17-5-8-20-9-6-17;;/h1-6,8-9H,7,10-15H2,(H,23,24);2*1H. The maximum absolute atomic E-state index is 10.5. The van der Waals surface area contributed by atoms with Crippen molar-refractivity contribution in [3.05, 3.63) is 54.4 Å². The van der Waals surface area contributed by atoms with Gasteiger partial charge in [0, 0.05) is 50.8 Å². The number of nitrogens with zero attached hydrogens (tertiary/aromatic N) is 3. The van der Waals surface area contributed by atoms with Crippen LogP contribution in [0, 0.1) is 0 Å². The van der Waals surface area contributed by atoms with Gasteiger partial charge in [-0.15, -0.1) is 24.8 Å². The molecule has 0 atom stereocenters. The summed E-state index contributed by atoms with van der Waals surface area (Å²) in [6, 6.07) is 11.8. The molecule has 1 aromatic heterocycles. The summed E-state index contributed by atoms with van der Waals surface area (Å²) in [5.74, 6) is -0.368. The number of carbonyl (C=O) groups is 1. The summed E-state index contributed by atoms with van der Waals surface area (Å²) in [7, 11) is 0. The van der Waals surface area contributed by atoms with Crippen molar-refractivity contribution in [1.29, 1.82) is 0 Å². The van der Waals surface area contributed by atoms with E-state index in [-0.39, 0.29) is 31.4 Å². The van der Waals surface area contributed by atoms with Crippen molar-refractivity contribution >= 4 is 36.5 Å². The van der Waals surface area contributed by atoms with Gasteiger partial charge in [-0.1, -0.05) is 12.1 Å². The maximum Gasteiger partial charge on any atom is 0.341 e. The van der Waals surface area contributed by atoms with Crippen molar-refractivity contribution in [3.63, 3.8) is 0 Å². The number of benzene rings is 1. The van der Waals surface area contributed by atoms with Gasteiger partial charge in [0.1, 0.15) is 5.75 Å². The number of carboxylic acids is 1. The highest BCUT2D eigenvalue weighted by Crippen LogP contribution is 2.16. The lowest BCUT2D eigenvalue weighted by molar-refractivity contribution is -0.139. The van der Waals surface area contributed by atoms with E-state index < -0.39 is 5.97 Å². The Balaban J connectivity index is 0.00000182. The van der Waals surface area contributed by atoms with Crippen LogP contribution in [0.4, 0.5) is 5.69 Å². The van der Waals surface area contributed by atoms with Crippen LogP contribution in [0.5, 0.6) is 5.75 Å². The smallest absolute Gasteiger partial charge is 0.341 e. The molecule has 1 fully saturated rings. The van der Waals surface area contributed by atoms with Crippen LogP contribution in [0.3, 0.4) is 0 Å². The van der Waals surface area contributed by atoms with Crippen LogP contribution in [0.2, 0.25) is 0 Å². The first kappa shape index (κ1) is 23.0. The number of rotatable bonds is 7. The minimum atomic E-state index is -0.963. The zero-order chi connectivity index (χ0) is 17.5. The highest BCUT2D eigenvalue weighted by molar-refractivity contribution is 5.85. The lowest BCUT2D eigenvalue weighted by Gasteiger charge is -2.36. The summed E-state index contributed by atoms with van der Waals surface area (Å²) >= 11 is 0. The molecule has 0 radical (unpaired) electrons. The molecular weight excluding hydrogens is 389 g/mol. The molecule has 1 N–H and O–H groups in total. The van der Waals surface area contributed by atoms with Crippen molar-refractivity contribution < 1.29 is 14.6 Å². The normalized spacial score (nSPS) is 14.0. The van der Waals surface area contributed by atoms with E-state index in [0.29, 0.717) is 5.75 Å². The minimum absolute atomic E-state index is 0. The Hall–Kier alpha value is -2.02. The molecule has 0 amide bonds. The average molecular weight is 414 g/mol. The van der Waals surface area contributed by atoms with Crippen LogP contribution in [0.15, 0.2) is 48.8 Å². The summed E-state index contributed by atoms with van der Waals surface area (Å²) in [5.41, 5.74) is 2.48. The number of piperazine rings is 1. The fourth-order valence-electron chi connectivity index (χ4n) is 2.97. The molecule has 2 heterocycles. The van der Waals surface area contributed by atoms with Crippen molar-refractivity contribution in [2.75, 3.05) is 44.2 Å². The third-order valence-electron chi connectivity index (χ3n) is 4.40. The van der Waals surface area contributed by atoms with Gasteiger partial charge in [-0.2, -0.15) is 0 Å². The number of pyridine rings is 1.